The van der Waals surface area contributed by atoms with E-state index in [4.69, 9.17) is 0 Å². The predicted octanol–water partition coefficient (Wildman–Crippen LogP) is 4.39. The van der Waals surface area contributed by atoms with Gasteiger partial charge in [0.05, 0.1) is 16.6 Å². The molecule has 1 aliphatic heterocycles. The van der Waals surface area contributed by atoms with Crippen LogP contribution in [0.4, 0.5) is 5.69 Å². The molecule has 0 fully saturated rings. The Balaban J connectivity index is 2.07. The van der Waals surface area contributed by atoms with E-state index >= 15 is 0 Å². The first-order valence-electron chi connectivity index (χ1n) is 9.38. The van der Waals surface area contributed by atoms with Crippen molar-refractivity contribution in [3.63, 3.8) is 0 Å². The zero-order valence-corrected chi connectivity index (χ0v) is 16.6. The molecule has 1 N–H and O–H groups in total. The van der Waals surface area contributed by atoms with Crippen LogP contribution >= 0.6 is 0 Å². The first kappa shape index (κ1) is 18.9. The lowest BCUT2D eigenvalue weighted by molar-refractivity contribution is 0.550. The molecule has 2 aromatic rings. The number of aryl methyl sites for hydroxylation is 1. The number of anilines is 1. The van der Waals surface area contributed by atoms with Crippen molar-refractivity contribution < 1.29 is 8.42 Å². The summed E-state index contributed by atoms with van der Waals surface area (Å²) in [5.41, 5.74) is 3.54. The van der Waals surface area contributed by atoms with Gasteiger partial charge in [-0.15, -0.1) is 0 Å². The molecule has 0 saturated carbocycles. The smallest absolute Gasteiger partial charge is 0.264 e. The van der Waals surface area contributed by atoms with Crippen molar-refractivity contribution >= 4 is 15.7 Å². The lowest BCUT2D eigenvalue weighted by Crippen LogP contribution is -2.26. The fourth-order valence-corrected chi connectivity index (χ4v) is 5.12. The maximum Gasteiger partial charge on any atom is 0.264 e. The standard InChI is InChI=1S/C21H28N2O2S/c1-4-5-6-9-14-22-21-17-10-7-8-11-19(17)23(3)26(24,25)20-15-16(2)12-13-18(20)21/h7-8,10-13,15,21-22H,4-6,9,14H2,1-3H3. The molecule has 140 valence electrons. The Hall–Kier alpha value is -1.85. The van der Waals surface area contributed by atoms with Crippen LogP contribution in [-0.4, -0.2) is 22.0 Å². The van der Waals surface area contributed by atoms with E-state index in [-0.39, 0.29) is 6.04 Å². The topological polar surface area (TPSA) is 49.4 Å². The van der Waals surface area contributed by atoms with Crippen molar-refractivity contribution in [2.45, 2.75) is 50.5 Å². The maximum absolute atomic E-state index is 13.2. The number of sulfonamides is 1. The van der Waals surface area contributed by atoms with Crippen LogP contribution < -0.4 is 9.62 Å². The number of hydrogen-bond acceptors (Lipinski definition) is 3. The predicted molar refractivity (Wildman–Crippen MR) is 107 cm³/mol. The number of hydrogen-bond donors (Lipinski definition) is 1. The van der Waals surface area contributed by atoms with Crippen molar-refractivity contribution in [3.8, 4) is 0 Å². The number of benzene rings is 2. The molecule has 1 aliphatic rings. The highest BCUT2D eigenvalue weighted by atomic mass is 32.2. The van der Waals surface area contributed by atoms with E-state index in [1.54, 1.807) is 13.1 Å². The van der Waals surface area contributed by atoms with Crippen LogP contribution in [-0.2, 0) is 10.0 Å². The number of fused-ring (bicyclic) bond motifs is 2. The van der Waals surface area contributed by atoms with Crippen molar-refractivity contribution in [2.24, 2.45) is 0 Å². The molecule has 0 saturated heterocycles. The van der Waals surface area contributed by atoms with Crippen molar-refractivity contribution in [1.29, 1.82) is 0 Å². The van der Waals surface area contributed by atoms with Crippen LogP contribution in [0.3, 0.4) is 0 Å². The highest BCUT2D eigenvalue weighted by Crippen LogP contribution is 2.40. The average Bonchev–Trinajstić information content (AvgIpc) is 2.70. The summed E-state index contributed by atoms with van der Waals surface area (Å²) in [6.45, 7) is 5.01. The van der Waals surface area contributed by atoms with E-state index in [9.17, 15) is 8.42 Å². The van der Waals surface area contributed by atoms with Gasteiger partial charge in [0.15, 0.2) is 0 Å². The lowest BCUT2D eigenvalue weighted by atomic mass is 9.96. The molecule has 2 aromatic carbocycles. The van der Waals surface area contributed by atoms with Gasteiger partial charge in [-0.25, -0.2) is 8.42 Å². The summed E-state index contributed by atoms with van der Waals surface area (Å²) < 4.78 is 27.8. The van der Waals surface area contributed by atoms with E-state index in [1.807, 2.05) is 43.3 Å². The van der Waals surface area contributed by atoms with Crippen molar-refractivity contribution in [1.82, 2.24) is 5.32 Å². The first-order chi connectivity index (χ1) is 12.5. The number of unbranched alkanes of at least 4 members (excludes halogenated alkanes) is 3. The molecule has 1 heterocycles. The molecule has 4 nitrogen and oxygen atoms in total. The second-order valence-electron chi connectivity index (χ2n) is 7.02. The lowest BCUT2D eigenvalue weighted by Gasteiger charge is -2.22. The van der Waals surface area contributed by atoms with Crippen LogP contribution in [0, 0.1) is 6.92 Å². The van der Waals surface area contributed by atoms with E-state index in [1.165, 1.54) is 23.6 Å². The zero-order chi connectivity index (χ0) is 18.7. The SMILES string of the molecule is CCCCCCNC1c2ccccc2N(C)S(=O)(=O)c2cc(C)ccc21. The van der Waals surface area contributed by atoms with Gasteiger partial charge < -0.3 is 5.32 Å². The molecule has 0 spiro atoms. The Labute approximate surface area is 157 Å². The Kier molecular flexibility index (Phi) is 5.68. The van der Waals surface area contributed by atoms with E-state index in [0.29, 0.717) is 4.90 Å². The fourth-order valence-electron chi connectivity index (χ4n) is 3.58. The molecule has 1 unspecified atom stereocenters. The highest BCUT2D eigenvalue weighted by Gasteiger charge is 2.34. The Morgan fingerprint density at radius 3 is 2.58 bits per heavy atom. The Morgan fingerprint density at radius 1 is 1.04 bits per heavy atom. The summed E-state index contributed by atoms with van der Waals surface area (Å²) in [5.74, 6) is 0. The number of rotatable bonds is 6. The average molecular weight is 373 g/mol. The second kappa shape index (κ2) is 7.80. The summed E-state index contributed by atoms with van der Waals surface area (Å²) in [6.07, 6.45) is 4.72. The summed E-state index contributed by atoms with van der Waals surface area (Å²) in [7, 11) is -1.93. The first-order valence-corrected chi connectivity index (χ1v) is 10.8. The van der Waals surface area contributed by atoms with Crippen molar-refractivity contribution in [2.75, 3.05) is 17.9 Å². The summed E-state index contributed by atoms with van der Waals surface area (Å²) >= 11 is 0. The molecule has 0 bridgehead atoms. The van der Waals surface area contributed by atoms with Gasteiger partial charge >= 0.3 is 0 Å². The molecular weight excluding hydrogens is 344 g/mol. The van der Waals surface area contributed by atoms with E-state index in [2.05, 4.69) is 12.2 Å². The number of nitrogens with one attached hydrogen (secondary N) is 1. The minimum absolute atomic E-state index is 0.122. The fraction of sp³-hybridized carbons (Fsp3) is 0.429. The molecule has 26 heavy (non-hydrogen) atoms. The minimum Gasteiger partial charge on any atom is -0.306 e. The minimum atomic E-state index is -3.57. The van der Waals surface area contributed by atoms with Crippen LogP contribution in [0.15, 0.2) is 47.4 Å². The molecule has 5 heteroatoms. The van der Waals surface area contributed by atoms with Gasteiger partial charge in [-0.1, -0.05) is 56.5 Å². The molecule has 0 aliphatic carbocycles. The van der Waals surface area contributed by atoms with E-state index in [0.717, 1.165) is 35.3 Å². The van der Waals surface area contributed by atoms with Gasteiger partial charge in [-0.2, -0.15) is 0 Å². The third kappa shape index (κ3) is 3.51. The third-order valence-corrected chi connectivity index (χ3v) is 6.91. The summed E-state index contributed by atoms with van der Waals surface area (Å²) in [5, 5.41) is 3.62. The highest BCUT2D eigenvalue weighted by molar-refractivity contribution is 7.92. The summed E-state index contributed by atoms with van der Waals surface area (Å²) in [6, 6.07) is 13.4. The summed E-state index contributed by atoms with van der Waals surface area (Å²) in [4.78, 5) is 0.405. The molecule has 0 amide bonds. The second-order valence-corrected chi connectivity index (χ2v) is 8.96. The van der Waals surface area contributed by atoms with E-state index < -0.39 is 10.0 Å². The zero-order valence-electron chi connectivity index (χ0n) is 15.8. The van der Waals surface area contributed by atoms with Crippen LogP contribution in [0.25, 0.3) is 0 Å². The normalized spacial score (nSPS) is 18.1. The van der Waals surface area contributed by atoms with Crippen LogP contribution in [0.5, 0.6) is 0 Å². The number of para-hydroxylation sites is 1. The van der Waals surface area contributed by atoms with Gasteiger partial charge in [-0.3, -0.25) is 4.31 Å². The molecule has 1 atom stereocenters. The maximum atomic E-state index is 13.2. The Bertz CT molecular complexity index is 877. The third-order valence-electron chi connectivity index (χ3n) is 5.08. The molecule has 3 rings (SSSR count). The van der Waals surface area contributed by atoms with Gasteiger partial charge in [0.2, 0.25) is 0 Å². The van der Waals surface area contributed by atoms with Gasteiger partial charge in [-0.05, 0) is 48.7 Å². The van der Waals surface area contributed by atoms with Crippen LogP contribution in [0.2, 0.25) is 0 Å². The van der Waals surface area contributed by atoms with Crippen molar-refractivity contribution in [3.05, 3.63) is 59.2 Å². The van der Waals surface area contributed by atoms with Crippen LogP contribution in [0.1, 0.15) is 55.3 Å². The molecular formula is C21H28N2O2S. The monoisotopic (exact) mass is 372 g/mol. The largest absolute Gasteiger partial charge is 0.306 e. The molecule has 0 aromatic heterocycles. The Morgan fingerprint density at radius 2 is 1.81 bits per heavy atom. The molecule has 0 radical (unpaired) electrons. The van der Waals surface area contributed by atoms with Gasteiger partial charge in [0.1, 0.15) is 0 Å². The van der Waals surface area contributed by atoms with Gasteiger partial charge in [0.25, 0.3) is 10.0 Å². The quantitative estimate of drug-likeness (QED) is 0.765. The number of nitrogens with zero attached hydrogens (tertiary/aromatic N) is 1. The van der Waals surface area contributed by atoms with Gasteiger partial charge in [0, 0.05) is 7.05 Å².